The number of rotatable bonds is 2. The molecule has 0 saturated carbocycles. The van der Waals surface area contributed by atoms with Crippen LogP contribution in [0.5, 0.6) is 0 Å². The number of hydrogen-bond acceptors (Lipinski definition) is 4. The summed E-state index contributed by atoms with van der Waals surface area (Å²) < 4.78 is 25.5. The molecule has 0 aliphatic carbocycles. The number of halogens is 3. The van der Waals surface area contributed by atoms with Crippen molar-refractivity contribution in [2.45, 2.75) is 4.90 Å². The largest absolute Gasteiger partial charge is 0.244 e. The molecule has 9 heteroatoms. The number of sulfonamides is 1. The fraction of sp³-hybridized carbons (Fsp3) is 0.200. The molecule has 0 aliphatic rings. The maximum atomic E-state index is 12.2. The monoisotopic (exact) mass is 339 g/mol. The molecule has 19 heavy (non-hydrogen) atoms. The van der Waals surface area contributed by atoms with Gasteiger partial charge in [0.2, 0.25) is 15.3 Å². The van der Waals surface area contributed by atoms with Crippen LogP contribution in [0.4, 0.5) is 0 Å². The molecule has 5 nitrogen and oxygen atoms in total. The van der Waals surface area contributed by atoms with E-state index in [0.717, 1.165) is 4.31 Å². The molecule has 2 rings (SSSR count). The molecule has 1 aromatic heterocycles. The van der Waals surface area contributed by atoms with Crippen molar-refractivity contribution in [2.24, 2.45) is 0 Å². The summed E-state index contributed by atoms with van der Waals surface area (Å²) >= 11 is 17.6. The number of hydrogen-bond donors (Lipinski definition) is 0. The third-order valence-corrected chi connectivity index (χ3v) is 4.92. The molecule has 1 aromatic carbocycles. The first-order valence-corrected chi connectivity index (χ1v) is 7.55. The van der Waals surface area contributed by atoms with E-state index in [2.05, 4.69) is 9.97 Å². The third kappa shape index (κ3) is 2.64. The Morgan fingerprint density at radius 3 is 2.32 bits per heavy atom. The lowest BCUT2D eigenvalue weighted by Crippen LogP contribution is -2.22. The zero-order valence-electron chi connectivity index (χ0n) is 9.85. The smallest absolute Gasteiger partial charge is 0.216 e. The van der Waals surface area contributed by atoms with E-state index in [1.165, 1.54) is 26.2 Å². The second-order valence-corrected chi connectivity index (χ2v) is 7.12. The van der Waals surface area contributed by atoms with Crippen LogP contribution in [0.3, 0.4) is 0 Å². The molecule has 0 atom stereocenters. The first-order valence-electron chi connectivity index (χ1n) is 4.98. The summed E-state index contributed by atoms with van der Waals surface area (Å²) in [5.74, 6) is 0. The van der Waals surface area contributed by atoms with E-state index >= 15 is 0 Å². The Morgan fingerprint density at radius 1 is 1.11 bits per heavy atom. The van der Waals surface area contributed by atoms with Crippen LogP contribution in [0.1, 0.15) is 0 Å². The highest BCUT2D eigenvalue weighted by atomic mass is 35.5. The number of aromatic nitrogens is 2. The fourth-order valence-corrected chi connectivity index (χ4v) is 3.29. The summed E-state index contributed by atoms with van der Waals surface area (Å²) in [4.78, 5) is 7.63. The quantitative estimate of drug-likeness (QED) is 0.623. The lowest BCUT2D eigenvalue weighted by Gasteiger charge is -2.13. The summed E-state index contributed by atoms with van der Waals surface area (Å²) in [5, 5.41) is 0.475. The molecule has 0 fully saturated rings. The Kier molecular flexibility index (Phi) is 3.90. The number of benzene rings is 1. The summed E-state index contributed by atoms with van der Waals surface area (Å²) in [6.07, 6.45) is 0. The van der Waals surface area contributed by atoms with Crippen LogP contribution in [0, 0.1) is 0 Å². The van der Waals surface area contributed by atoms with Gasteiger partial charge in [-0.2, -0.15) is 0 Å². The highest BCUT2D eigenvalue weighted by Crippen LogP contribution is 2.31. The molecule has 102 valence electrons. The Bertz CT molecular complexity index is 762. The van der Waals surface area contributed by atoms with Gasteiger partial charge in [-0.25, -0.2) is 22.7 Å². The van der Waals surface area contributed by atoms with E-state index in [-0.39, 0.29) is 25.9 Å². The first-order chi connectivity index (χ1) is 8.73. The molecule has 0 N–H and O–H groups in total. The molecule has 0 saturated heterocycles. The molecule has 2 aromatic rings. The minimum absolute atomic E-state index is 0.0488. The van der Waals surface area contributed by atoms with Gasteiger partial charge >= 0.3 is 0 Å². The normalized spacial score (nSPS) is 12.3. The summed E-state index contributed by atoms with van der Waals surface area (Å²) in [6, 6.07) is 2.79. The van der Waals surface area contributed by atoms with Gasteiger partial charge in [-0.05, 0) is 23.7 Å². The van der Waals surface area contributed by atoms with Gasteiger partial charge in [-0.1, -0.05) is 23.2 Å². The van der Waals surface area contributed by atoms with Crippen LogP contribution in [-0.4, -0.2) is 36.8 Å². The van der Waals surface area contributed by atoms with Crippen LogP contribution >= 0.6 is 34.8 Å². The van der Waals surface area contributed by atoms with E-state index in [4.69, 9.17) is 34.8 Å². The Labute approximate surface area is 125 Å². The van der Waals surface area contributed by atoms with Gasteiger partial charge in [0, 0.05) is 24.5 Å². The number of nitrogens with zero attached hydrogens (tertiary/aromatic N) is 3. The molecule has 0 unspecified atom stereocenters. The van der Waals surface area contributed by atoms with E-state index in [0.29, 0.717) is 5.39 Å². The van der Waals surface area contributed by atoms with E-state index < -0.39 is 10.0 Å². The van der Waals surface area contributed by atoms with Crippen LogP contribution < -0.4 is 0 Å². The van der Waals surface area contributed by atoms with Crippen molar-refractivity contribution < 1.29 is 8.42 Å². The standard InChI is InChI=1S/C10H8Cl3N3O2S/c1-16(2)19(17,18)7-4-5(11)3-6-8(7)14-10(13)15-9(6)12/h3-4H,1-2H3. The molecule has 1 heterocycles. The SMILES string of the molecule is CN(C)S(=O)(=O)c1cc(Cl)cc2c(Cl)nc(Cl)nc12. The average molecular weight is 341 g/mol. The van der Waals surface area contributed by atoms with Crippen LogP contribution in [0.25, 0.3) is 10.9 Å². The highest BCUT2D eigenvalue weighted by Gasteiger charge is 2.23. The van der Waals surface area contributed by atoms with Crippen LogP contribution in [0.15, 0.2) is 17.0 Å². The fourth-order valence-electron chi connectivity index (χ4n) is 1.50. The van der Waals surface area contributed by atoms with Gasteiger partial charge in [-0.15, -0.1) is 0 Å². The van der Waals surface area contributed by atoms with Crippen molar-refractivity contribution in [2.75, 3.05) is 14.1 Å². The van der Waals surface area contributed by atoms with Gasteiger partial charge < -0.3 is 0 Å². The van der Waals surface area contributed by atoms with Gasteiger partial charge in [0.1, 0.15) is 10.0 Å². The van der Waals surface area contributed by atoms with Gasteiger partial charge in [0.05, 0.1) is 5.52 Å². The predicted octanol–water partition coefficient (Wildman–Crippen LogP) is 2.84. The third-order valence-electron chi connectivity index (χ3n) is 2.42. The van der Waals surface area contributed by atoms with Crippen molar-refractivity contribution in [1.82, 2.24) is 14.3 Å². The van der Waals surface area contributed by atoms with Crippen molar-refractivity contribution in [3.05, 3.63) is 27.6 Å². The van der Waals surface area contributed by atoms with E-state index in [1.807, 2.05) is 0 Å². The zero-order chi connectivity index (χ0) is 14.4. The van der Waals surface area contributed by atoms with Crippen LogP contribution in [0.2, 0.25) is 15.5 Å². The maximum Gasteiger partial charge on any atom is 0.244 e. The van der Waals surface area contributed by atoms with E-state index in [1.54, 1.807) is 0 Å². The van der Waals surface area contributed by atoms with Crippen molar-refractivity contribution in [3.8, 4) is 0 Å². The minimum atomic E-state index is -3.72. The molecule has 0 radical (unpaired) electrons. The lowest BCUT2D eigenvalue weighted by molar-refractivity contribution is 0.521. The zero-order valence-corrected chi connectivity index (χ0v) is 12.9. The summed E-state index contributed by atoms with van der Waals surface area (Å²) in [6.45, 7) is 0. The molecule has 0 amide bonds. The van der Waals surface area contributed by atoms with Crippen molar-refractivity contribution in [3.63, 3.8) is 0 Å². The van der Waals surface area contributed by atoms with Gasteiger partial charge in [0.15, 0.2) is 0 Å². The van der Waals surface area contributed by atoms with Gasteiger partial charge in [-0.3, -0.25) is 0 Å². The highest BCUT2D eigenvalue weighted by molar-refractivity contribution is 7.89. The minimum Gasteiger partial charge on any atom is -0.216 e. The van der Waals surface area contributed by atoms with Crippen molar-refractivity contribution in [1.29, 1.82) is 0 Å². The lowest BCUT2D eigenvalue weighted by atomic mass is 10.2. The number of fused-ring (bicyclic) bond motifs is 1. The predicted molar refractivity (Wildman–Crippen MR) is 75.4 cm³/mol. The average Bonchev–Trinajstić information content (AvgIpc) is 2.29. The second kappa shape index (κ2) is 5.03. The van der Waals surface area contributed by atoms with Crippen LogP contribution in [-0.2, 0) is 10.0 Å². The summed E-state index contributed by atoms with van der Waals surface area (Å²) in [7, 11) is -0.900. The summed E-state index contributed by atoms with van der Waals surface area (Å²) in [5.41, 5.74) is 0.142. The van der Waals surface area contributed by atoms with Crippen molar-refractivity contribution >= 4 is 55.7 Å². The topological polar surface area (TPSA) is 63.2 Å². The second-order valence-electron chi connectivity index (χ2n) is 3.87. The Morgan fingerprint density at radius 2 is 1.74 bits per heavy atom. The van der Waals surface area contributed by atoms with E-state index in [9.17, 15) is 8.42 Å². The Hall–Kier alpha value is -0.660. The molecule has 0 spiro atoms. The maximum absolute atomic E-state index is 12.2. The van der Waals surface area contributed by atoms with Gasteiger partial charge in [0.25, 0.3) is 0 Å². The molecular formula is C10H8Cl3N3O2S. The molecule has 0 aliphatic heterocycles. The Balaban J connectivity index is 2.96. The molecular weight excluding hydrogens is 333 g/mol. The molecule has 0 bridgehead atoms. The first kappa shape index (κ1) is 14.7.